The zero-order chi connectivity index (χ0) is 20.4. The van der Waals surface area contributed by atoms with E-state index in [0.29, 0.717) is 29.2 Å². The smallest absolute Gasteiger partial charge is 0.344 e. The maximum Gasteiger partial charge on any atom is 0.344 e. The summed E-state index contributed by atoms with van der Waals surface area (Å²) in [5.41, 5.74) is 0.990. The standard InChI is InChI=1S/C21H23NO6/c1-3-6-20(24)22-16-11-9-15(10-12-16)17(23)13-28-21(25)14-27-19-8-5-4-7-18(19)26-2/h4-5,7-12H,3,6,13-14H2,1-2H3,(H,22,24). The third-order valence-corrected chi connectivity index (χ3v) is 3.75. The Morgan fingerprint density at radius 3 is 2.25 bits per heavy atom. The molecule has 0 aromatic heterocycles. The van der Waals surface area contributed by atoms with E-state index in [9.17, 15) is 14.4 Å². The van der Waals surface area contributed by atoms with Gasteiger partial charge in [-0.15, -0.1) is 0 Å². The summed E-state index contributed by atoms with van der Waals surface area (Å²) in [7, 11) is 1.50. The lowest BCUT2D eigenvalue weighted by Crippen LogP contribution is -2.19. The van der Waals surface area contributed by atoms with Crippen molar-refractivity contribution in [3.63, 3.8) is 0 Å². The number of rotatable bonds is 10. The van der Waals surface area contributed by atoms with Crippen LogP contribution >= 0.6 is 0 Å². The van der Waals surface area contributed by atoms with Crippen LogP contribution in [0.25, 0.3) is 0 Å². The summed E-state index contributed by atoms with van der Waals surface area (Å²) in [6.45, 7) is 1.19. The van der Waals surface area contributed by atoms with Gasteiger partial charge >= 0.3 is 5.97 Å². The first-order valence-electron chi connectivity index (χ1n) is 8.88. The second-order valence-corrected chi connectivity index (χ2v) is 5.90. The van der Waals surface area contributed by atoms with E-state index in [1.54, 1.807) is 48.5 Å². The number of ketones is 1. The van der Waals surface area contributed by atoms with Crippen LogP contribution in [-0.4, -0.2) is 38.0 Å². The number of carbonyl (C=O) groups excluding carboxylic acids is 3. The van der Waals surface area contributed by atoms with Gasteiger partial charge in [0.15, 0.2) is 30.5 Å². The number of Topliss-reactive ketones (excluding diaryl/α,β-unsaturated/α-hetero) is 1. The summed E-state index contributed by atoms with van der Waals surface area (Å²) >= 11 is 0. The summed E-state index contributed by atoms with van der Waals surface area (Å²) in [4.78, 5) is 35.5. The Balaban J connectivity index is 1.79. The molecule has 0 radical (unpaired) electrons. The highest BCUT2D eigenvalue weighted by Gasteiger charge is 2.12. The first-order chi connectivity index (χ1) is 13.5. The number of ether oxygens (including phenoxy) is 3. The van der Waals surface area contributed by atoms with Gasteiger partial charge in [0.1, 0.15) is 0 Å². The van der Waals surface area contributed by atoms with Crippen LogP contribution in [0.15, 0.2) is 48.5 Å². The van der Waals surface area contributed by atoms with E-state index in [1.165, 1.54) is 7.11 Å². The van der Waals surface area contributed by atoms with E-state index in [-0.39, 0.29) is 18.3 Å². The van der Waals surface area contributed by atoms with E-state index >= 15 is 0 Å². The van der Waals surface area contributed by atoms with Crippen molar-refractivity contribution in [1.82, 2.24) is 0 Å². The molecule has 2 aromatic rings. The molecule has 1 amide bonds. The van der Waals surface area contributed by atoms with Crippen molar-refractivity contribution < 1.29 is 28.6 Å². The number of hydrogen-bond acceptors (Lipinski definition) is 6. The number of nitrogens with one attached hydrogen (secondary N) is 1. The zero-order valence-electron chi connectivity index (χ0n) is 15.9. The topological polar surface area (TPSA) is 90.9 Å². The Bertz CT molecular complexity index is 816. The van der Waals surface area contributed by atoms with E-state index in [4.69, 9.17) is 14.2 Å². The van der Waals surface area contributed by atoms with Crippen LogP contribution in [0.3, 0.4) is 0 Å². The predicted octanol–water partition coefficient (Wildman–Crippen LogP) is 3.24. The van der Waals surface area contributed by atoms with Crippen molar-refractivity contribution in [1.29, 1.82) is 0 Å². The molecule has 0 bridgehead atoms. The number of benzene rings is 2. The van der Waals surface area contributed by atoms with E-state index < -0.39 is 12.6 Å². The van der Waals surface area contributed by atoms with Crippen LogP contribution in [0.2, 0.25) is 0 Å². The fraction of sp³-hybridized carbons (Fsp3) is 0.286. The molecule has 0 spiro atoms. The van der Waals surface area contributed by atoms with Crippen LogP contribution < -0.4 is 14.8 Å². The molecule has 28 heavy (non-hydrogen) atoms. The summed E-state index contributed by atoms with van der Waals surface area (Å²) in [5.74, 6) is -0.184. The lowest BCUT2D eigenvalue weighted by Gasteiger charge is -2.10. The van der Waals surface area contributed by atoms with Gasteiger partial charge in [0.05, 0.1) is 7.11 Å². The summed E-state index contributed by atoms with van der Waals surface area (Å²) in [6.07, 6.45) is 1.20. The molecular formula is C21H23NO6. The lowest BCUT2D eigenvalue weighted by atomic mass is 10.1. The molecule has 0 fully saturated rings. The molecule has 7 nitrogen and oxygen atoms in total. The Hall–Kier alpha value is -3.35. The fourth-order valence-corrected chi connectivity index (χ4v) is 2.34. The number of esters is 1. The number of methoxy groups -OCH3 is 1. The molecule has 0 aliphatic heterocycles. The van der Waals surface area contributed by atoms with Crippen molar-refractivity contribution in [3.05, 3.63) is 54.1 Å². The van der Waals surface area contributed by atoms with Crippen molar-refractivity contribution >= 4 is 23.3 Å². The predicted molar refractivity (Wildman–Crippen MR) is 104 cm³/mol. The van der Waals surface area contributed by atoms with E-state index in [1.807, 2.05) is 6.92 Å². The summed E-state index contributed by atoms with van der Waals surface area (Å²) in [5, 5.41) is 2.74. The average molecular weight is 385 g/mol. The molecule has 0 unspecified atom stereocenters. The molecule has 0 saturated heterocycles. The minimum atomic E-state index is -0.664. The molecular weight excluding hydrogens is 362 g/mol. The third-order valence-electron chi connectivity index (χ3n) is 3.75. The Morgan fingerprint density at radius 2 is 1.61 bits per heavy atom. The van der Waals surface area contributed by atoms with Crippen molar-refractivity contribution in [2.24, 2.45) is 0 Å². The van der Waals surface area contributed by atoms with Crippen molar-refractivity contribution in [2.45, 2.75) is 19.8 Å². The van der Waals surface area contributed by atoms with Crippen molar-refractivity contribution in [3.8, 4) is 11.5 Å². The molecule has 0 heterocycles. The van der Waals surface area contributed by atoms with Gasteiger partial charge in [0.2, 0.25) is 5.91 Å². The first kappa shape index (κ1) is 21.0. The number of hydrogen-bond donors (Lipinski definition) is 1. The molecule has 0 aliphatic rings. The monoisotopic (exact) mass is 385 g/mol. The van der Waals surface area contributed by atoms with Gasteiger partial charge in [-0.3, -0.25) is 9.59 Å². The zero-order valence-corrected chi connectivity index (χ0v) is 15.9. The summed E-state index contributed by atoms with van der Waals surface area (Å²) in [6, 6.07) is 13.3. The quantitative estimate of drug-likeness (QED) is 0.499. The normalized spacial score (nSPS) is 10.1. The van der Waals surface area contributed by atoms with Crippen LogP contribution in [0, 0.1) is 0 Å². The maximum absolute atomic E-state index is 12.1. The van der Waals surface area contributed by atoms with Gasteiger partial charge in [-0.2, -0.15) is 0 Å². The molecule has 7 heteroatoms. The highest BCUT2D eigenvalue weighted by molar-refractivity contribution is 5.98. The molecule has 2 aromatic carbocycles. The van der Waals surface area contributed by atoms with Crippen molar-refractivity contribution in [2.75, 3.05) is 25.6 Å². The molecule has 148 valence electrons. The molecule has 0 aliphatic carbocycles. The highest BCUT2D eigenvalue weighted by Crippen LogP contribution is 2.25. The molecule has 2 rings (SSSR count). The van der Waals surface area contributed by atoms with E-state index in [2.05, 4.69) is 5.32 Å². The van der Waals surface area contributed by atoms with E-state index in [0.717, 1.165) is 6.42 Å². The lowest BCUT2D eigenvalue weighted by molar-refractivity contribution is -0.144. The number of para-hydroxylation sites is 2. The Morgan fingerprint density at radius 1 is 0.929 bits per heavy atom. The van der Waals surface area contributed by atoms with Gasteiger partial charge in [0.25, 0.3) is 0 Å². The van der Waals surface area contributed by atoms with Crippen LogP contribution in [0.4, 0.5) is 5.69 Å². The second-order valence-electron chi connectivity index (χ2n) is 5.90. The van der Waals surface area contributed by atoms with Gasteiger partial charge in [-0.25, -0.2) is 4.79 Å². The van der Waals surface area contributed by atoms with Gasteiger partial charge in [-0.05, 0) is 42.8 Å². The SMILES string of the molecule is CCCC(=O)Nc1ccc(C(=O)COC(=O)COc2ccccc2OC)cc1. The average Bonchev–Trinajstić information content (AvgIpc) is 2.71. The molecule has 0 saturated carbocycles. The fourth-order valence-electron chi connectivity index (χ4n) is 2.34. The minimum absolute atomic E-state index is 0.0782. The van der Waals surface area contributed by atoms with Crippen LogP contribution in [0.5, 0.6) is 11.5 Å². The second kappa shape index (κ2) is 10.7. The van der Waals surface area contributed by atoms with Gasteiger partial charge < -0.3 is 19.5 Å². The number of carbonyl (C=O) groups is 3. The van der Waals surface area contributed by atoms with Gasteiger partial charge in [0, 0.05) is 17.7 Å². The largest absolute Gasteiger partial charge is 0.493 e. The number of amides is 1. The maximum atomic E-state index is 12.1. The summed E-state index contributed by atoms with van der Waals surface area (Å²) < 4.78 is 15.4. The third kappa shape index (κ3) is 6.42. The minimum Gasteiger partial charge on any atom is -0.493 e. The highest BCUT2D eigenvalue weighted by atomic mass is 16.6. The molecule has 1 N–H and O–H groups in total. The van der Waals surface area contributed by atoms with Crippen LogP contribution in [-0.2, 0) is 14.3 Å². The Kier molecular flexibility index (Phi) is 8.02. The number of anilines is 1. The molecule has 0 atom stereocenters. The Labute approximate surface area is 163 Å². The van der Waals surface area contributed by atoms with Crippen LogP contribution in [0.1, 0.15) is 30.1 Å². The first-order valence-corrected chi connectivity index (χ1v) is 8.88. The van der Waals surface area contributed by atoms with Gasteiger partial charge in [-0.1, -0.05) is 19.1 Å².